The fraction of sp³-hybridized carbons (Fsp3) is 0.778. The molecule has 5 nitrogen and oxygen atoms in total. The Labute approximate surface area is 82.4 Å². The predicted molar refractivity (Wildman–Crippen MR) is 48.9 cm³/mol. The molecule has 0 aromatic rings. The molecule has 0 radical (unpaired) electrons. The highest BCUT2D eigenvalue weighted by Crippen LogP contribution is 2.31. The Kier molecular flexibility index (Phi) is 3.46. The lowest BCUT2D eigenvalue weighted by Crippen LogP contribution is -2.59. The first kappa shape index (κ1) is 11.0. The number of carboxylic acid groups (broad SMARTS) is 1. The van der Waals surface area contributed by atoms with Crippen molar-refractivity contribution in [2.75, 3.05) is 13.2 Å². The Balaban J connectivity index is 2.41. The zero-order valence-corrected chi connectivity index (χ0v) is 8.21. The van der Waals surface area contributed by atoms with Crippen molar-refractivity contribution in [1.29, 1.82) is 0 Å². The lowest BCUT2D eigenvalue weighted by molar-refractivity contribution is -0.152. The second kappa shape index (κ2) is 4.41. The molecule has 1 amide bonds. The molecule has 1 saturated carbocycles. The van der Waals surface area contributed by atoms with E-state index in [2.05, 4.69) is 5.32 Å². The quantitative estimate of drug-likeness (QED) is 0.663. The molecule has 80 valence electrons. The van der Waals surface area contributed by atoms with Crippen LogP contribution < -0.4 is 5.32 Å². The minimum absolute atomic E-state index is 0.0640. The number of aliphatic carboxylic acids is 1. The molecule has 0 saturated heterocycles. The number of rotatable bonds is 5. The minimum atomic E-state index is -1.02. The lowest BCUT2D eigenvalue weighted by Gasteiger charge is -2.38. The summed E-state index contributed by atoms with van der Waals surface area (Å²) < 4.78 is 4.88. The van der Waals surface area contributed by atoms with E-state index >= 15 is 0 Å². The molecule has 0 spiro atoms. The van der Waals surface area contributed by atoms with Gasteiger partial charge < -0.3 is 15.2 Å². The Morgan fingerprint density at radius 2 is 2.14 bits per heavy atom. The van der Waals surface area contributed by atoms with Crippen LogP contribution in [0.4, 0.5) is 0 Å². The SMILES string of the molecule is CCOCC(=O)NC1(C(=O)O)CCC1. The van der Waals surface area contributed by atoms with Crippen LogP contribution in [0.15, 0.2) is 0 Å². The summed E-state index contributed by atoms with van der Waals surface area (Å²) >= 11 is 0. The maximum atomic E-state index is 11.2. The fourth-order valence-electron chi connectivity index (χ4n) is 1.42. The van der Waals surface area contributed by atoms with Crippen molar-refractivity contribution in [2.45, 2.75) is 31.7 Å². The zero-order chi connectivity index (χ0) is 10.6. The maximum Gasteiger partial charge on any atom is 0.329 e. The molecule has 0 aliphatic heterocycles. The second-order valence-corrected chi connectivity index (χ2v) is 3.43. The average molecular weight is 201 g/mol. The van der Waals surface area contributed by atoms with Gasteiger partial charge in [0.25, 0.3) is 0 Å². The Bertz CT molecular complexity index is 235. The van der Waals surface area contributed by atoms with Gasteiger partial charge in [-0.3, -0.25) is 4.79 Å². The summed E-state index contributed by atoms with van der Waals surface area (Å²) in [6.45, 7) is 2.17. The van der Waals surface area contributed by atoms with Gasteiger partial charge in [-0.1, -0.05) is 0 Å². The highest BCUT2D eigenvalue weighted by Gasteiger charge is 2.45. The molecular weight excluding hydrogens is 186 g/mol. The number of carboxylic acids is 1. The van der Waals surface area contributed by atoms with Gasteiger partial charge in [-0.05, 0) is 26.2 Å². The summed E-state index contributed by atoms with van der Waals surface area (Å²) in [5.41, 5.74) is -1.02. The number of carbonyl (C=O) groups is 2. The Hall–Kier alpha value is -1.10. The molecular formula is C9H15NO4. The summed E-state index contributed by atoms with van der Waals surface area (Å²) in [6.07, 6.45) is 1.88. The molecule has 1 rings (SSSR count). The first-order valence-corrected chi connectivity index (χ1v) is 4.73. The molecule has 14 heavy (non-hydrogen) atoms. The summed E-state index contributed by atoms with van der Waals surface area (Å²) in [7, 11) is 0. The summed E-state index contributed by atoms with van der Waals surface area (Å²) in [4.78, 5) is 22.1. The summed E-state index contributed by atoms with van der Waals surface area (Å²) in [5.74, 6) is -1.30. The van der Waals surface area contributed by atoms with Crippen molar-refractivity contribution in [3.8, 4) is 0 Å². The van der Waals surface area contributed by atoms with Crippen LogP contribution in [-0.4, -0.2) is 35.7 Å². The smallest absolute Gasteiger partial charge is 0.329 e. The topological polar surface area (TPSA) is 75.6 Å². The van der Waals surface area contributed by atoms with Crippen LogP contribution in [0.5, 0.6) is 0 Å². The molecule has 5 heteroatoms. The number of carbonyl (C=O) groups excluding carboxylic acids is 1. The third-order valence-electron chi connectivity index (χ3n) is 2.43. The van der Waals surface area contributed by atoms with Crippen molar-refractivity contribution < 1.29 is 19.4 Å². The summed E-state index contributed by atoms with van der Waals surface area (Å²) in [5, 5.41) is 11.4. The lowest BCUT2D eigenvalue weighted by atomic mass is 9.77. The molecule has 0 aromatic heterocycles. The molecule has 0 atom stereocenters. The van der Waals surface area contributed by atoms with Crippen LogP contribution in [0.2, 0.25) is 0 Å². The van der Waals surface area contributed by atoms with Crippen LogP contribution in [-0.2, 0) is 14.3 Å². The van der Waals surface area contributed by atoms with E-state index in [4.69, 9.17) is 9.84 Å². The molecule has 0 heterocycles. The van der Waals surface area contributed by atoms with Gasteiger partial charge in [-0.15, -0.1) is 0 Å². The number of hydrogen-bond donors (Lipinski definition) is 2. The standard InChI is InChI=1S/C9H15NO4/c1-2-14-6-7(11)10-9(8(12)13)4-3-5-9/h2-6H2,1H3,(H,10,11)(H,12,13). The van der Waals surface area contributed by atoms with Crippen LogP contribution in [0.1, 0.15) is 26.2 Å². The van der Waals surface area contributed by atoms with Gasteiger partial charge in [0.15, 0.2) is 0 Å². The van der Waals surface area contributed by atoms with Crippen molar-refractivity contribution in [3.63, 3.8) is 0 Å². The van der Waals surface area contributed by atoms with Crippen molar-refractivity contribution in [1.82, 2.24) is 5.32 Å². The van der Waals surface area contributed by atoms with Crippen molar-refractivity contribution in [3.05, 3.63) is 0 Å². The average Bonchev–Trinajstić information content (AvgIpc) is 2.07. The molecule has 1 fully saturated rings. The van der Waals surface area contributed by atoms with E-state index in [0.717, 1.165) is 6.42 Å². The molecule has 1 aliphatic carbocycles. The zero-order valence-electron chi connectivity index (χ0n) is 8.21. The highest BCUT2D eigenvalue weighted by atomic mass is 16.5. The van der Waals surface area contributed by atoms with E-state index in [1.54, 1.807) is 6.92 Å². The van der Waals surface area contributed by atoms with Gasteiger partial charge >= 0.3 is 5.97 Å². The number of hydrogen-bond acceptors (Lipinski definition) is 3. The van der Waals surface area contributed by atoms with Crippen LogP contribution in [0.25, 0.3) is 0 Å². The molecule has 0 bridgehead atoms. The number of ether oxygens (including phenoxy) is 1. The van der Waals surface area contributed by atoms with E-state index in [0.29, 0.717) is 19.4 Å². The van der Waals surface area contributed by atoms with E-state index in [9.17, 15) is 9.59 Å². The van der Waals surface area contributed by atoms with Gasteiger partial charge in [-0.2, -0.15) is 0 Å². The van der Waals surface area contributed by atoms with Gasteiger partial charge in [0.05, 0.1) is 0 Å². The molecule has 1 aliphatic rings. The van der Waals surface area contributed by atoms with Gasteiger partial charge in [0.2, 0.25) is 5.91 Å². The molecule has 0 aromatic carbocycles. The van der Waals surface area contributed by atoms with Gasteiger partial charge in [0, 0.05) is 6.61 Å². The highest BCUT2D eigenvalue weighted by molar-refractivity contribution is 5.88. The Morgan fingerprint density at radius 3 is 2.50 bits per heavy atom. The minimum Gasteiger partial charge on any atom is -0.480 e. The largest absolute Gasteiger partial charge is 0.480 e. The van der Waals surface area contributed by atoms with Crippen molar-refractivity contribution in [2.24, 2.45) is 0 Å². The van der Waals surface area contributed by atoms with E-state index in [-0.39, 0.29) is 12.5 Å². The van der Waals surface area contributed by atoms with Crippen molar-refractivity contribution >= 4 is 11.9 Å². The number of amides is 1. The molecule has 0 unspecified atom stereocenters. The molecule has 2 N–H and O–H groups in total. The number of nitrogens with one attached hydrogen (secondary N) is 1. The third kappa shape index (κ3) is 2.23. The predicted octanol–water partition coefficient (Wildman–Crippen LogP) is 0.146. The van der Waals surface area contributed by atoms with Crippen LogP contribution in [0, 0.1) is 0 Å². The van der Waals surface area contributed by atoms with E-state index < -0.39 is 11.5 Å². The summed E-state index contributed by atoms with van der Waals surface area (Å²) in [6, 6.07) is 0. The van der Waals surface area contributed by atoms with Crippen LogP contribution >= 0.6 is 0 Å². The third-order valence-corrected chi connectivity index (χ3v) is 2.43. The normalized spacial score (nSPS) is 18.4. The Morgan fingerprint density at radius 1 is 1.50 bits per heavy atom. The van der Waals surface area contributed by atoms with E-state index in [1.807, 2.05) is 0 Å². The van der Waals surface area contributed by atoms with Gasteiger partial charge in [0.1, 0.15) is 12.1 Å². The second-order valence-electron chi connectivity index (χ2n) is 3.43. The maximum absolute atomic E-state index is 11.2. The first-order chi connectivity index (χ1) is 6.60. The fourth-order valence-corrected chi connectivity index (χ4v) is 1.42. The van der Waals surface area contributed by atoms with E-state index in [1.165, 1.54) is 0 Å². The first-order valence-electron chi connectivity index (χ1n) is 4.73. The van der Waals surface area contributed by atoms with Crippen LogP contribution in [0.3, 0.4) is 0 Å². The monoisotopic (exact) mass is 201 g/mol. The van der Waals surface area contributed by atoms with Gasteiger partial charge in [-0.25, -0.2) is 4.79 Å².